The van der Waals surface area contributed by atoms with Crippen molar-refractivity contribution < 1.29 is 9.59 Å². The van der Waals surface area contributed by atoms with Gasteiger partial charge in [-0.1, -0.05) is 28.1 Å². The molecule has 0 saturated heterocycles. The second kappa shape index (κ2) is 5.33. The maximum atomic E-state index is 12.1. The van der Waals surface area contributed by atoms with E-state index in [1.807, 2.05) is 37.3 Å². The van der Waals surface area contributed by atoms with Crippen LogP contribution in [-0.4, -0.2) is 18.4 Å². The zero-order valence-corrected chi connectivity index (χ0v) is 13.0. The second-order valence-electron chi connectivity index (χ2n) is 4.93. The number of fused-ring (bicyclic) bond motifs is 1. The Morgan fingerprint density at radius 3 is 2.71 bits per heavy atom. The van der Waals surface area contributed by atoms with Gasteiger partial charge in [0, 0.05) is 10.2 Å². The third-order valence-electron chi connectivity index (χ3n) is 3.39. The number of ketones is 1. The summed E-state index contributed by atoms with van der Waals surface area (Å²) in [5.41, 5.74) is 3.14. The predicted molar refractivity (Wildman–Crippen MR) is 85.6 cm³/mol. The van der Waals surface area contributed by atoms with Crippen LogP contribution in [0.1, 0.15) is 15.9 Å². The average Bonchev–Trinajstić information content (AvgIpc) is 2.69. The molecule has 21 heavy (non-hydrogen) atoms. The van der Waals surface area contributed by atoms with Crippen LogP contribution in [0.4, 0.5) is 11.4 Å². The molecule has 4 nitrogen and oxygen atoms in total. The van der Waals surface area contributed by atoms with Gasteiger partial charge in [-0.2, -0.15) is 0 Å². The highest BCUT2D eigenvalue weighted by atomic mass is 79.9. The second-order valence-corrected chi connectivity index (χ2v) is 5.84. The molecule has 0 unspecified atom stereocenters. The van der Waals surface area contributed by atoms with Crippen LogP contribution in [0, 0.1) is 6.92 Å². The number of anilines is 2. The highest BCUT2D eigenvalue weighted by Gasteiger charge is 2.35. The summed E-state index contributed by atoms with van der Waals surface area (Å²) < 4.78 is 0.788. The van der Waals surface area contributed by atoms with Crippen molar-refractivity contribution in [3.63, 3.8) is 0 Å². The van der Waals surface area contributed by atoms with E-state index in [0.29, 0.717) is 11.3 Å². The maximum absolute atomic E-state index is 12.1. The van der Waals surface area contributed by atoms with Crippen molar-refractivity contribution in [3.8, 4) is 0 Å². The summed E-state index contributed by atoms with van der Waals surface area (Å²) in [4.78, 5) is 25.5. The number of benzene rings is 2. The van der Waals surface area contributed by atoms with E-state index in [0.717, 1.165) is 15.7 Å². The maximum Gasteiger partial charge on any atom is 0.300 e. The molecule has 1 heterocycles. The third kappa shape index (κ3) is 2.56. The molecular formula is C16H13BrN2O2. The van der Waals surface area contributed by atoms with E-state index < -0.39 is 11.7 Å². The van der Waals surface area contributed by atoms with Gasteiger partial charge in [0.1, 0.15) is 0 Å². The molecule has 0 atom stereocenters. The van der Waals surface area contributed by atoms with E-state index in [1.54, 1.807) is 12.1 Å². The van der Waals surface area contributed by atoms with Crippen LogP contribution in [0.5, 0.6) is 0 Å². The molecule has 3 rings (SSSR count). The summed E-state index contributed by atoms with van der Waals surface area (Å²) in [6.45, 7) is 2.27. The molecule has 1 amide bonds. The predicted octanol–water partition coefficient (Wildman–Crippen LogP) is 3.36. The van der Waals surface area contributed by atoms with Crippen molar-refractivity contribution in [1.29, 1.82) is 0 Å². The van der Waals surface area contributed by atoms with E-state index in [4.69, 9.17) is 0 Å². The molecule has 106 valence electrons. The van der Waals surface area contributed by atoms with Gasteiger partial charge in [0.05, 0.1) is 17.9 Å². The quantitative estimate of drug-likeness (QED) is 0.868. The largest absolute Gasteiger partial charge is 0.367 e. The van der Waals surface area contributed by atoms with Gasteiger partial charge in [-0.05, 0) is 42.8 Å². The molecule has 2 aromatic rings. The first-order valence-electron chi connectivity index (χ1n) is 6.52. The van der Waals surface area contributed by atoms with Gasteiger partial charge in [-0.3, -0.25) is 14.5 Å². The molecule has 0 fully saturated rings. The van der Waals surface area contributed by atoms with Gasteiger partial charge in [-0.25, -0.2) is 0 Å². The monoisotopic (exact) mass is 344 g/mol. The summed E-state index contributed by atoms with van der Waals surface area (Å²) in [5.74, 6) is -0.958. The number of carbonyl (C=O) groups excluding carboxylic acids is 2. The number of Topliss-reactive ketones (excluding diaryl/α,β-unsaturated/α-hetero) is 1. The Hall–Kier alpha value is -2.14. The number of halogens is 1. The van der Waals surface area contributed by atoms with E-state index in [-0.39, 0.29) is 6.67 Å². The Balaban J connectivity index is 1.84. The summed E-state index contributed by atoms with van der Waals surface area (Å²) in [5, 5.41) is 3.18. The van der Waals surface area contributed by atoms with Crippen LogP contribution in [0.25, 0.3) is 0 Å². The normalized spacial score (nSPS) is 13.5. The summed E-state index contributed by atoms with van der Waals surface area (Å²) >= 11 is 3.32. The molecule has 5 heteroatoms. The number of nitrogens with one attached hydrogen (secondary N) is 1. The van der Waals surface area contributed by atoms with Crippen molar-refractivity contribution in [3.05, 3.63) is 58.1 Å². The van der Waals surface area contributed by atoms with Crippen LogP contribution >= 0.6 is 15.9 Å². The van der Waals surface area contributed by atoms with Crippen LogP contribution in [0.15, 0.2) is 46.9 Å². The highest BCUT2D eigenvalue weighted by Crippen LogP contribution is 2.31. The van der Waals surface area contributed by atoms with E-state index >= 15 is 0 Å². The Morgan fingerprint density at radius 1 is 1.14 bits per heavy atom. The minimum absolute atomic E-state index is 0.267. The summed E-state index contributed by atoms with van der Waals surface area (Å²) in [6.07, 6.45) is 0. The van der Waals surface area contributed by atoms with Crippen molar-refractivity contribution in [1.82, 2.24) is 0 Å². The minimum Gasteiger partial charge on any atom is -0.367 e. The summed E-state index contributed by atoms with van der Waals surface area (Å²) in [7, 11) is 0. The number of hydrogen-bond acceptors (Lipinski definition) is 3. The van der Waals surface area contributed by atoms with Crippen molar-refractivity contribution in [2.24, 2.45) is 0 Å². The van der Waals surface area contributed by atoms with Crippen molar-refractivity contribution >= 4 is 39.0 Å². The number of aryl methyl sites for hydroxylation is 1. The van der Waals surface area contributed by atoms with Gasteiger partial charge in [0.25, 0.3) is 5.78 Å². The lowest BCUT2D eigenvalue weighted by Gasteiger charge is -2.18. The molecule has 0 aromatic heterocycles. The zero-order valence-electron chi connectivity index (χ0n) is 11.4. The van der Waals surface area contributed by atoms with E-state index in [9.17, 15) is 9.59 Å². The number of rotatable bonds is 3. The fraction of sp³-hybridized carbons (Fsp3) is 0.125. The molecule has 0 spiro atoms. The van der Waals surface area contributed by atoms with E-state index in [2.05, 4.69) is 21.2 Å². The number of nitrogens with zero attached hydrogens (tertiary/aromatic N) is 1. The van der Waals surface area contributed by atoms with Crippen molar-refractivity contribution in [2.45, 2.75) is 6.92 Å². The molecule has 0 saturated carbocycles. The Labute approximate surface area is 130 Å². The number of hydrogen-bond donors (Lipinski definition) is 1. The fourth-order valence-electron chi connectivity index (χ4n) is 2.36. The molecular weight excluding hydrogens is 332 g/mol. The van der Waals surface area contributed by atoms with Crippen LogP contribution in [0.3, 0.4) is 0 Å². The van der Waals surface area contributed by atoms with Gasteiger partial charge in [-0.15, -0.1) is 0 Å². The number of amides is 1. The zero-order chi connectivity index (χ0) is 15.0. The average molecular weight is 345 g/mol. The fourth-order valence-corrected chi connectivity index (χ4v) is 2.72. The molecule has 1 aliphatic rings. The first kappa shape index (κ1) is 13.8. The topological polar surface area (TPSA) is 49.4 Å². The summed E-state index contributed by atoms with van der Waals surface area (Å²) in [6, 6.07) is 13.2. The molecule has 0 aliphatic carbocycles. The standard InChI is InChI=1S/C16H13BrN2O2/c1-10-3-2-4-12(7-10)18-9-19-14-6-5-11(17)8-13(14)15(20)16(19)21/h2-8,18H,9H2,1H3. The molecule has 1 aliphatic heterocycles. The van der Waals surface area contributed by atoms with Crippen LogP contribution in [-0.2, 0) is 4.79 Å². The Morgan fingerprint density at radius 2 is 1.95 bits per heavy atom. The van der Waals surface area contributed by atoms with Gasteiger partial charge in [0.2, 0.25) is 0 Å². The van der Waals surface area contributed by atoms with Crippen LogP contribution < -0.4 is 10.2 Å². The van der Waals surface area contributed by atoms with E-state index in [1.165, 1.54) is 4.90 Å². The molecule has 1 N–H and O–H groups in total. The highest BCUT2D eigenvalue weighted by molar-refractivity contribution is 9.10. The first-order valence-corrected chi connectivity index (χ1v) is 7.32. The van der Waals surface area contributed by atoms with Gasteiger partial charge >= 0.3 is 5.91 Å². The van der Waals surface area contributed by atoms with Gasteiger partial charge < -0.3 is 5.32 Å². The van der Waals surface area contributed by atoms with Crippen molar-refractivity contribution in [2.75, 3.05) is 16.9 Å². The Bertz CT molecular complexity index is 743. The SMILES string of the molecule is Cc1cccc(NCN2C(=O)C(=O)c3cc(Br)ccc32)c1. The lowest BCUT2D eigenvalue weighted by Crippen LogP contribution is -2.34. The molecule has 0 radical (unpaired) electrons. The lowest BCUT2D eigenvalue weighted by atomic mass is 10.1. The molecule has 0 bridgehead atoms. The molecule has 2 aromatic carbocycles. The van der Waals surface area contributed by atoms with Gasteiger partial charge in [0.15, 0.2) is 0 Å². The third-order valence-corrected chi connectivity index (χ3v) is 3.89. The van der Waals surface area contributed by atoms with Crippen LogP contribution in [0.2, 0.25) is 0 Å². The first-order chi connectivity index (χ1) is 10.1. The smallest absolute Gasteiger partial charge is 0.300 e. The lowest BCUT2D eigenvalue weighted by molar-refractivity contribution is -0.114. The number of carbonyl (C=O) groups is 2. The Kier molecular flexibility index (Phi) is 3.51. The minimum atomic E-state index is -0.497.